The third-order valence-electron chi connectivity index (χ3n) is 5.47. The van der Waals surface area contributed by atoms with E-state index in [1.165, 1.54) is 6.07 Å². The molecule has 3 heterocycles. The lowest BCUT2D eigenvalue weighted by Crippen LogP contribution is -2.46. The van der Waals surface area contributed by atoms with Crippen molar-refractivity contribution in [2.24, 2.45) is 16.6 Å². The fourth-order valence-corrected chi connectivity index (χ4v) is 5.02. The van der Waals surface area contributed by atoms with E-state index in [4.69, 9.17) is 10.5 Å². The van der Waals surface area contributed by atoms with E-state index in [2.05, 4.69) is 14.7 Å². The molecule has 1 saturated heterocycles. The van der Waals surface area contributed by atoms with Gasteiger partial charge in [0.1, 0.15) is 22.9 Å². The quantitative estimate of drug-likeness (QED) is 0.540. The van der Waals surface area contributed by atoms with Gasteiger partial charge in [-0.05, 0) is 35.9 Å². The highest BCUT2D eigenvalue weighted by atomic mass is 32.2. The van der Waals surface area contributed by atoms with Crippen LogP contribution in [0.3, 0.4) is 0 Å². The number of benzene rings is 1. The molecule has 4 rings (SSSR count). The first-order chi connectivity index (χ1) is 16.3. The molecule has 0 unspecified atom stereocenters. The van der Waals surface area contributed by atoms with Crippen molar-refractivity contribution in [3.63, 3.8) is 0 Å². The number of aliphatic imine (C=N–C) groups is 1. The van der Waals surface area contributed by atoms with Gasteiger partial charge in [0, 0.05) is 17.2 Å². The average molecular weight is 525 g/mol. The number of ether oxygens (including phenoxy) is 2. The number of hydrogen-bond acceptors (Lipinski definition) is 6. The SMILES string of the molecule is NC1=N[C@@]2(c3cc(/C=C(\F)c4ccc(OC(F)(F)F)cn4)ccc3F)CO[C@H](C(F)(F)F)[C@H]2CS1. The van der Waals surface area contributed by atoms with Gasteiger partial charge in [-0.2, -0.15) is 13.2 Å². The van der Waals surface area contributed by atoms with E-state index in [9.17, 15) is 35.1 Å². The molecule has 1 aromatic heterocycles. The van der Waals surface area contributed by atoms with Crippen molar-refractivity contribution in [2.45, 2.75) is 24.2 Å². The third-order valence-corrected chi connectivity index (χ3v) is 6.38. The van der Waals surface area contributed by atoms with Crippen molar-refractivity contribution in [1.29, 1.82) is 0 Å². The lowest BCUT2D eigenvalue weighted by atomic mass is 9.78. The maximum absolute atomic E-state index is 14.9. The van der Waals surface area contributed by atoms with E-state index in [0.29, 0.717) is 6.20 Å². The van der Waals surface area contributed by atoms with Crippen LogP contribution in [-0.2, 0) is 10.3 Å². The Hall–Kier alpha value is -2.87. The zero-order chi connectivity index (χ0) is 25.6. The second kappa shape index (κ2) is 8.97. The van der Waals surface area contributed by atoms with Crippen LogP contribution in [0.15, 0.2) is 41.5 Å². The normalized spacial score (nSPS) is 25.3. The number of alkyl halides is 6. The molecule has 5 nitrogen and oxygen atoms in total. The van der Waals surface area contributed by atoms with Gasteiger partial charge in [0.05, 0.1) is 18.5 Å². The topological polar surface area (TPSA) is 69.7 Å². The number of fused-ring (bicyclic) bond motifs is 1. The largest absolute Gasteiger partial charge is 0.573 e. The van der Waals surface area contributed by atoms with Crippen LogP contribution in [0.1, 0.15) is 16.8 Å². The Morgan fingerprint density at radius 1 is 1.17 bits per heavy atom. The van der Waals surface area contributed by atoms with Crippen molar-refractivity contribution in [3.05, 3.63) is 59.2 Å². The maximum atomic E-state index is 14.9. The number of halogens is 8. The number of nitrogens with two attached hydrogens (primary N) is 1. The number of thioether (sulfide) groups is 1. The number of aromatic nitrogens is 1. The summed E-state index contributed by atoms with van der Waals surface area (Å²) in [6, 6.07) is 5.05. The van der Waals surface area contributed by atoms with E-state index >= 15 is 0 Å². The first-order valence-corrected chi connectivity index (χ1v) is 10.8. The van der Waals surface area contributed by atoms with Crippen LogP contribution >= 0.6 is 11.8 Å². The van der Waals surface area contributed by atoms with Crippen LogP contribution in [0.4, 0.5) is 35.1 Å². The Kier molecular flexibility index (Phi) is 6.47. The van der Waals surface area contributed by atoms with Crippen LogP contribution in [0.2, 0.25) is 0 Å². The number of rotatable bonds is 4. The van der Waals surface area contributed by atoms with Crippen molar-refractivity contribution in [3.8, 4) is 5.75 Å². The molecule has 0 spiro atoms. The zero-order valence-electron chi connectivity index (χ0n) is 17.3. The van der Waals surface area contributed by atoms with Gasteiger partial charge in [0.2, 0.25) is 0 Å². The molecule has 0 saturated carbocycles. The van der Waals surface area contributed by atoms with Crippen LogP contribution in [0.5, 0.6) is 5.75 Å². The molecule has 0 bridgehead atoms. The molecular formula is C21H15F8N3O2S. The molecule has 2 aliphatic heterocycles. The fourth-order valence-electron chi connectivity index (χ4n) is 4.00. The standard InChI is InChI=1S/C21H15F8N3O2S/c22-14-3-1-10(6-15(23)16-4-2-11(7-31-16)34-21(27,28)29)5-12(14)19-9-33-17(20(24,25)26)13(19)8-35-18(30)32-19/h1-7,13,17H,8-9H2,(H2,30,32)/b15-6-/t13-,17+,19-/m1/s1. The van der Waals surface area contributed by atoms with Crippen LogP contribution in [0, 0.1) is 11.7 Å². The Balaban J connectivity index is 1.68. The molecule has 2 aliphatic rings. The van der Waals surface area contributed by atoms with Gasteiger partial charge in [-0.1, -0.05) is 17.8 Å². The predicted octanol–water partition coefficient (Wildman–Crippen LogP) is 5.42. The molecule has 14 heteroatoms. The lowest BCUT2D eigenvalue weighted by molar-refractivity contribution is -0.274. The molecule has 0 amide bonds. The van der Waals surface area contributed by atoms with Gasteiger partial charge in [0.25, 0.3) is 0 Å². The summed E-state index contributed by atoms with van der Waals surface area (Å²) in [5, 5.41) is -0.0374. The summed E-state index contributed by atoms with van der Waals surface area (Å²) in [4.78, 5) is 7.71. The van der Waals surface area contributed by atoms with E-state index in [-0.39, 0.29) is 27.7 Å². The fraction of sp³-hybridized carbons (Fsp3) is 0.333. The summed E-state index contributed by atoms with van der Waals surface area (Å²) in [5.74, 6) is -3.93. The molecule has 188 valence electrons. The third kappa shape index (κ3) is 5.22. The molecule has 3 atom stereocenters. The number of hydrogen-bond donors (Lipinski definition) is 1. The van der Waals surface area contributed by atoms with Gasteiger partial charge in [-0.15, -0.1) is 13.2 Å². The molecule has 35 heavy (non-hydrogen) atoms. The van der Waals surface area contributed by atoms with Crippen molar-refractivity contribution in [2.75, 3.05) is 12.4 Å². The minimum absolute atomic E-state index is 0.0374. The molecule has 0 aliphatic carbocycles. The summed E-state index contributed by atoms with van der Waals surface area (Å²) in [6.45, 7) is -0.585. The monoisotopic (exact) mass is 525 g/mol. The predicted molar refractivity (Wildman–Crippen MR) is 111 cm³/mol. The highest BCUT2D eigenvalue weighted by Crippen LogP contribution is 2.51. The van der Waals surface area contributed by atoms with Gasteiger partial charge < -0.3 is 15.2 Å². The average Bonchev–Trinajstić information content (AvgIpc) is 3.14. The minimum Gasteiger partial charge on any atom is -0.404 e. The number of nitrogens with zero attached hydrogens (tertiary/aromatic N) is 2. The van der Waals surface area contributed by atoms with E-state index in [0.717, 1.165) is 42.1 Å². The van der Waals surface area contributed by atoms with Gasteiger partial charge in [-0.25, -0.2) is 18.8 Å². The summed E-state index contributed by atoms with van der Waals surface area (Å²) < 4.78 is 116. The summed E-state index contributed by atoms with van der Waals surface area (Å²) in [6.07, 6.45) is -10.3. The first kappa shape index (κ1) is 25.2. The highest BCUT2D eigenvalue weighted by Gasteiger charge is 2.61. The Bertz CT molecular complexity index is 1170. The Morgan fingerprint density at radius 2 is 1.91 bits per heavy atom. The van der Waals surface area contributed by atoms with E-state index < -0.39 is 54.1 Å². The van der Waals surface area contributed by atoms with E-state index in [1.807, 2.05) is 0 Å². The lowest BCUT2D eigenvalue weighted by Gasteiger charge is -2.36. The van der Waals surface area contributed by atoms with Crippen molar-refractivity contribution >= 4 is 28.8 Å². The number of amidine groups is 1. The molecule has 1 fully saturated rings. The maximum Gasteiger partial charge on any atom is 0.573 e. The number of pyridine rings is 1. The smallest absolute Gasteiger partial charge is 0.404 e. The van der Waals surface area contributed by atoms with Gasteiger partial charge in [-0.3, -0.25) is 0 Å². The molecule has 1 aromatic carbocycles. The second-order valence-electron chi connectivity index (χ2n) is 7.72. The molecule has 2 aromatic rings. The van der Waals surface area contributed by atoms with Gasteiger partial charge in [0.15, 0.2) is 11.3 Å². The molecule has 2 N–H and O–H groups in total. The molecule has 0 radical (unpaired) electrons. The first-order valence-electron chi connectivity index (χ1n) is 9.84. The highest BCUT2D eigenvalue weighted by molar-refractivity contribution is 8.13. The van der Waals surface area contributed by atoms with Crippen LogP contribution in [-0.4, -0.2) is 41.2 Å². The van der Waals surface area contributed by atoms with Crippen LogP contribution < -0.4 is 10.5 Å². The zero-order valence-corrected chi connectivity index (χ0v) is 18.1. The molecular weight excluding hydrogens is 510 g/mol. The Labute approximate surface area is 197 Å². The van der Waals surface area contributed by atoms with Crippen molar-refractivity contribution in [1.82, 2.24) is 4.98 Å². The second-order valence-corrected chi connectivity index (χ2v) is 8.76. The van der Waals surface area contributed by atoms with Crippen LogP contribution in [0.25, 0.3) is 11.9 Å². The summed E-state index contributed by atoms with van der Waals surface area (Å²) in [5.41, 5.74) is 3.44. The van der Waals surface area contributed by atoms with Gasteiger partial charge >= 0.3 is 12.5 Å². The summed E-state index contributed by atoms with van der Waals surface area (Å²) >= 11 is 0.894. The minimum atomic E-state index is -4.95. The Morgan fingerprint density at radius 3 is 2.54 bits per heavy atom. The van der Waals surface area contributed by atoms with E-state index in [1.54, 1.807) is 0 Å². The summed E-state index contributed by atoms with van der Waals surface area (Å²) in [7, 11) is 0. The van der Waals surface area contributed by atoms with Crippen molar-refractivity contribution < 1.29 is 44.6 Å².